The summed E-state index contributed by atoms with van der Waals surface area (Å²) in [5.74, 6) is 1.92. The maximum atomic E-state index is 2.33. The Bertz CT molecular complexity index is 1710. The minimum Gasteiger partial charge on any atom is -0.479 e. The molecule has 4 aromatic carbocycles. The molecule has 2 aliphatic rings. The quantitative estimate of drug-likeness (QED) is 0.130. The standard InChI is InChI=1S/C27H37N2.C21H25N2.Ag/c1-18(2)22-11-9-12-23(19(3)4)26(22)28-15-16-29(17-28)27-24(20(5)6)13-10-14-25(27)21(7)8;1-14-9-16(3)20(17(4)10-14)22-7-8-23(13-22)21-18(5)11-15(2)12-19(21)6;/h9-21H,1-8H3;7-13H,1-6H3;/q2*-1;+1. The summed E-state index contributed by atoms with van der Waals surface area (Å²) in [7, 11) is 0. The van der Waals surface area contributed by atoms with Crippen LogP contribution < -0.4 is 19.6 Å². The van der Waals surface area contributed by atoms with Gasteiger partial charge in [0.05, 0.1) is 0 Å². The predicted molar refractivity (Wildman–Crippen MR) is 227 cm³/mol. The van der Waals surface area contributed by atoms with Crippen molar-refractivity contribution in [2.75, 3.05) is 19.6 Å². The summed E-state index contributed by atoms with van der Waals surface area (Å²) < 4.78 is 0. The normalized spacial score (nSPS) is 13.9. The first-order valence-electron chi connectivity index (χ1n) is 19.2. The van der Waals surface area contributed by atoms with Crippen LogP contribution in [0.5, 0.6) is 0 Å². The van der Waals surface area contributed by atoms with Crippen LogP contribution in [-0.4, -0.2) is 0 Å². The number of hydrogen-bond acceptors (Lipinski definition) is 4. The molecule has 0 amide bonds. The van der Waals surface area contributed by atoms with Crippen molar-refractivity contribution < 1.29 is 22.4 Å². The van der Waals surface area contributed by atoms with Crippen molar-refractivity contribution >= 4 is 22.7 Å². The van der Waals surface area contributed by atoms with E-state index in [1.54, 1.807) is 0 Å². The smallest absolute Gasteiger partial charge is 0.479 e. The molecule has 286 valence electrons. The summed E-state index contributed by atoms with van der Waals surface area (Å²) >= 11 is 0. The number of hydrogen-bond donors (Lipinski definition) is 0. The zero-order valence-corrected chi connectivity index (χ0v) is 36.1. The molecular weight excluding hydrogens is 740 g/mol. The maximum absolute atomic E-state index is 2.33. The van der Waals surface area contributed by atoms with E-state index in [-0.39, 0.29) is 22.4 Å². The van der Waals surface area contributed by atoms with Crippen LogP contribution in [0.2, 0.25) is 0 Å². The fraction of sp³-hybridized carbons (Fsp3) is 0.375. The van der Waals surface area contributed by atoms with Crippen LogP contribution in [0, 0.1) is 54.9 Å². The molecule has 0 unspecified atom stereocenters. The Hall–Kier alpha value is -3.70. The van der Waals surface area contributed by atoms with Crippen molar-refractivity contribution in [1.29, 1.82) is 0 Å². The van der Waals surface area contributed by atoms with Gasteiger partial charge in [0.15, 0.2) is 0 Å². The molecule has 53 heavy (non-hydrogen) atoms. The molecule has 4 nitrogen and oxygen atoms in total. The Labute approximate surface area is 338 Å². The Balaban J connectivity index is 0.000000238. The molecule has 2 aliphatic heterocycles. The van der Waals surface area contributed by atoms with E-state index in [2.05, 4.69) is 215 Å². The van der Waals surface area contributed by atoms with Crippen molar-refractivity contribution in [3.63, 3.8) is 0 Å². The Morgan fingerprint density at radius 1 is 0.377 bits per heavy atom. The van der Waals surface area contributed by atoms with Crippen molar-refractivity contribution in [2.45, 2.75) is 121 Å². The molecule has 0 saturated heterocycles. The van der Waals surface area contributed by atoms with Gasteiger partial charge in [-0.25, -0.2) is 0 Å². The molecule has 2 heterocycles. The Morgan fingerprint density at radius 2 is 0.604 bits per heavy atom. The van der Waals surface area contributed by atoms with Gasteiger partial charge >= 0.3 is 22.4 Å². The molecule has 0 spiro atoms. The van der Waals surface area contributed by atoms with Crippen LogP contribution in [0.15, 0.2) is 85.5 Å². The third-order valence-electron chi connectivity index (χ3n) is 10.3. The van der Waals surface area contributed by atoms with E-state index < -0.39 is 0 Å². The molecule has 0 atom stereocenters. The third kappa shape index (κ3) is 9.16. The van der Waals surface area contributed by atoms with Gasteiger partial charge in [-0.05, 0) is 135 Å². The van der Waals surface area contributed by atoms with Gasteiger partial charge in [-0.2, -0.15) is 0 Å². The molecule has 4 aromatic rings. The molecule has 0 N–H and O–H groups in total. The first kappa shape index (κ1) is 42.0. The van der Waals surface area contributed by atoms with Gasteiger partial charge in [-0.1, -0.05) is 127 Å². The fourth-order valence-electron chi connectivity index (χ4n) is 8.02. The first-order valence-corrected chi connectivity index (χ1v) is 19.2. The van der Waals surface area contributed by atoms with Crippen LogP contribution in [-0.2, 0) is 22.4 Å². The van der Waals surface area contributed by atoms with E-state index in [9.17, 15) is 0 Å². The van der Waals surface area contributed by atoms with Gasteiger partial charge in [0, 0.05) is 22.7 Å². The molecular formula is C48H62AgN4-. The van der Waals surface area contributed by atoms with E-state index >= 15 is 0 Å². The van der Waals surface area contributed by atoms with Crippen molar-refractivity contribution in [3.8, 4) is 0 Å². The fourth-order valence-corrected chi connectivity index (χ4v) is 8.02. The monoisotopic (exact) mass is 801 g/mol. The van der Waals surface area contributed by atoms with E-state index in [1.165, 1.54) is 78.4 Å². The van der Waals surface area contributed by atoms with Crippen LogP contribution in [0.25, 0.3) is 0 Å². The summed E-state index contributed by atoms with van der Waals surface area (Å²) in [5, 5.41) is 0. The Kier molecular flexibility index (Phi) is 14.0. The van der Waals surface area contributed by atoms with Gasteiger partial charge in [0.2, 0.25) is 0 Å². The molecule has 0 saturated carbocycles. The topological polar surface area (TPSA) is 13.0 Å². The number of nitrogens with zero attached hydrogens (tertiary/aromatic N) is 4. The van der Waals surface area contributed by atoms with E-state index in [1.807, 2.05) is 0 Å². The largest absolute Gasteiger partial charge is 1.00 e. The zero-order chi connectivity index (χ0) is 38.0. The van der Waals surface area contributed by atoms with Crippen LogP contribution in [0.3, 0.4) is 0 Å². The zero-order valence-electron chi connectivity index (χ0n) is 34.6. The molecule has 0 aliphatic carbocycles. The summed E-state index contributed by atoms with van der Waals surface area (Å²) in [4.78, 5) is 9.10. The third-order valence-corrected chi connectivity index (χ3v) is 10.3. The van der Waals surface area contributed by atoms with Gasteiger partial charge in [0.1, 0.15) is 0 Å². The van der Waals surface area contributed by atoms with E-state index in [0.29, 0.717) is 23.7 Å². The summed E-state index contributed by atoms with van der Waals surface area (Å²) in [6, 6.07) is 22.5. The van der Waals surface area contributed by atoms with Crippen LogP contribution in [0.4, 0.5) is 22.7 Å². The Morgan fingerprint density at radius 3 is 0.830 bits per heavy atom. The second kappa shape index (κ2) is 17.6. The number of rotatable bonds is 8. The average Bonchev–Trinajstić information content (AvgIpc) is 3.74. The van der Waals surface area contributed by atoms with E-state index in [0.717, 1.165) is 0 Å². The van der Waals surface area contributed by atoms with Crippen molar-refractivity contribution in [2.24, 2.45) is 0 Å². The molecule has 0 fully saturated rings. The van der Waals surface area contributed by atoms with Crippen LogP contribution >= 0.6 is 0 Å². The summed E-state index contributed by atoms with van der Waals surface area (Å²) in [6.45, 7) is 35.7. The molecule has 0 radical (unpaired) electrons. The van der Waals surface area contributed by atoms with Crippen LogP contribution in [0.1, 0.15) is 135 Å². The molecule has 6 rings (SSSR count). The van der Waals surface area contributed by atoms with Crippen molar-refractivity contribution in [3.05, 3.63) is 154 Å². The predicted octanol–water partition coefficient (Wildman–Crippen LogP) is 13.5. The maximum Gasteiger partial charge on any atom is 1.00 e. The summed E-state index contributed by atoms with van der Waals surface area (Å²) in [6.07, 6.45) is 8.72. The molecule has 5 heteroatoms. The minimum atomic E-state index is 0. The van der Waals surface area contributed by atoms with Gasteiger partial charge in [-0.15, -0.1) is 13.3 Å². The average molecular weight is 803 g/mol. The number of para-hydroxylation sites is 2. The second-order valence-electron chi connectivity index (χ2n) is 16.1. The minimum absolute atomic E-state index is 0. The number of aryl methyl sites for hydroxylation is 6. The van der Waals surface area contributed by atoms with Crippen molar-refractivity contribution in [1.82, 2.24) is 0 Å². The van der Waals surface area contributed by atoms with E-state index in [4.69, 9.17) is 0 Å². The SMILES string of the molecule is CC(C)c1cccc(C(C)C)c1N1C=CN(c2c(C(C)C)cccc2C(C)C)[CH-]1.Cc1cc(C)c(N2C=CN(c3c(C)cc(C)cc3C)[CH-]2)c(C)c1.[Ag+]. The van der Waals surface area contributed by atoms with Gasteiger partial charge < -0.3 is 19.6 Å². The summed E-state index contributed by atoms with van der Waals surface area (Å²) in [5.41, 5.74) is 18.7. The number of benzene rings is 4. The second-order valence-corrected chi connectivity index (χ2v) is 16.1. The van der Waals surface area contributed by atoms with Gasteiger partial charge in [0.25, 0.3) is 0 Å². The molecule has 0 aromatic heterocycles. The van der Waals surface area contributed by atoms with Gasteiger partial charge in [-0.3, -0.25) is 0 Å². The first-order chi connectivity index (χ1) is 24.6. The molecule has 0 bridgehead atoms. The number of anilines is 4.